The average molecular weight is 431 g/mol. The van der Waals surface area contributed by atoms with E-state index in [0.717, 1.165) is 42.9 Å². The van der Waals surface area contributed by atoms with Gasteiger partial charge in [0.05, 0.1) is 13.2 Å². The van der Waals surface area contributed by atoms with Gasteiger partial charge < -0.3 is 30.5 Å². The smallest absolute Gasteiger partial charge is 0.327 e. The largest absolute Gasteiger partial charge is 0.378 e. The first kappa shape index (κ1) is 19.3. The van der Waals surface area contributed by atoms with Gasteiger partial charge in [-0.05, 0) is 59.0 Å². The molecule has 0 bridgehead atoms. The molecular formula is C24H26N6O2. The fraction of sp³-hybridized carbons (Fsp3) is 0.333. The highest BCUT2D eigenvalue weighted by atomic mass is 16.5. The number of hydrogen-bond acceptors (Lipinski definition) is 8. The summed E-state index contributed by atoms with van der Waals surface area (Å²) in [5, 5.41) is 10.9. The highest BCUT2D eigenvalue weighted by Crippen LogP contribution is 2.43. The summed E-state index contributed by atoms with van der Waals surface area (Å²) in [5.41, 5.74) is 12.0. The number of nitrogens with zero attached hydrogens (tertiary/aromatic N) is 3. The van der Waals surface area contributed by atoms with E-state index in [1.54, 1.807) is 0 Å². The van der Waals surface area contributed by atoms with Crippen molar-refractivity contribution >= 4 is 29.4 Å². The topological polar surface area (TPSA) is 101 Å². The second-order valence-electron chi connectivity index (χ2n) is 8.61. The van der Waals surface area contributed by atoms with Gasteiger partial charge in [-0.3, -0.25) is 0 Å². The highest BCUT2D eigenvalue weighted by Gasteiger charge is 2.39. The molecule has 6 rings (SSSR count). The lowest BCUT2D eigenvalue weighted by Crippen LogP contribution is -2.51. The highest BCUT2D eigenvalue weighted by molar-refractivity contribution is 5.77. The first-order valence-corrected chi connectivity index (χ1v) is 11.1. The molecule has 4 N–H and O–H groups in total. The number of hydrogen-bond donors (Lipinski definition) is 3. The van der Waals surface area contributed by atoms with Crippen LogP contribution in [0, 0.1) is 0 Å². The van der Waals surface area contributed by atoms with Gasteiger partial charge in [-0.1, -0.05) is 30.3 Å². The van der Waals surface area contributed by atoms with Crippen molar-refractivity contribution in [3.05, 3.63) is 65.2 Å². The Balaban J connectivity index is 1.19. The summed E-state index contributed by atoms with van der Waals surface area (Å²) in [7, 11) is 0. The number of morpholine rings is 1. The fourth-order valence-corrected chi connectivity index (χ4v) is 4.93. The normalized spacial score (nSPS) is 24.0. The molecule has 8 nitrogen and oxygen atoms in total. The van der Waals surface area contributed by atoms with E-state index in [-0.39, 0.29) is 5.92 Å². The Morgan fingerprint density at radius 2 is 2.03 bits per heavy atom. The van der Waals surface area contributed by atoms with Crippen LogP contribution in [0.25, 0.3) is 6.08 Å². The van der Waals surface area contributed by atoms with Crippen molar-refractivity contribution in [2.75, 3.05) is 41.8 Å². The van der Waals surface area contributed by atoms with E-state index in [1.165, 1.54) is 11.1 Å². The molecule has 0 saturated carbocycles. The molecule has 0 amide bonds. The van der Waals surface area contributed by atoms with Crippen LogP contribution in [-0.4, -0.2) is 42.1 Å². The second-order valence-corrected chi connectivity index (χ2v) is 8.61. The van der Waals surface area contributed by atoms with Gasteiger partial charge in [-0.25, -0.2) is 0 Å². The third kappa shape index (κ3) is 3.41. The number of ether oxygens (including phenoxy) is 1. The van der Waals surface area contributed by atoms with E-state index in [0.29, 0.717) is 25.2 Å². The molecule has 1 aliphatic carbocycles. The minimum Gasteiger partial charge on any atom is -0.378 e. The van der Waals surface area contributed by atoms with E-state index >= 15 is 0 Å². The molecule has 1 fully saturated rings. The van der Waals surface area contributed by atoms with E-state index in [2.05, 4.69) is 68.2 Å². The number of nitrogens with two attached hydrogens (primary N) is 1. The van der Waals surface area contributed by atoms with Gasteiger partial charge in [-0.15, -0.1) is 0 Å². The van der Waals surface area contributed by atoms with Gasteiger partial charge in [0.2, 0.25) is 0 Å². The monoisotopic (exact) mass is 430 g/mol. The maximum atomic E-state index is 6.87. The van der Waals surface area contributed by atoms with E-state index < -0.39 is 5.66 Å². The van der Waals surface area contributed by atoms with Crippen molar-refractivity contribution in [3.63, 3.8) is 0 Å². The Morgan fingerprint density at radius 1 is 1.16 bits per heavy atom. The van der Waals surface area contributed by atoms with Gasteiger partial charge in [0.15, 0.2) is 0 Å². The summed E-state index contributed by atoms with van der Waals surface area (Å²) in [6.07, 6.45) is 6.31. The number of anilines is 4. The molecule has 164 valence electrons. The summed E-state index contributed by atoms with van der Waals surface area (Å²) < 4.78 is 10.8. The fourth-order valence-electron chi connectivity index (χ4n) is 4.93. The molecule has 1 unspecified atom stereocenters. The molecule has 0 radical (unpaired) electrons. The molecule has 8 heteroatoms. The van der Waals surface area contributed by atoms with Crippen molar-refractivity contribution in [2.45, 2.75) is 24.4 Å². The van der Waals surface area contributed by atoms with Crippen molar-refractivity contribution in [1.82, 2.24) is 10.1 Å². The Labute approximate surface area is 186 Å². The average Bonchev–Trinajstić information content (AvgIpc) is 3.47. The molecular weight excluding hydrogens is 404 g/mol. The Hall–Kier alpha value is -3.36. The molecule has 2 aromatic carbocycles. The second kappa shape index (κ2) is 7.65. The van der Waals surface area contributed by atoms with Crippen LogP contribution in [0.3, 0.4) is 0 Å². The molecule has 3 heterocycles. The van der Waals surface area contributed by atoms with E-state index in [9.17, 15) is 0 Å². The number of nitrogens with one attached hydrogen (secondary N) is 2. The van der Waals surface area contributed by atoms with Crippen molar-refractivity contribution in [1.29, 1.82) is 0 Å². The van der Waals surface area contributed by atoms with E-state index in [4.69, 9.17) is 15.0 Å². The van der Waals surface area contributed by atoms with Gasteiger partial charge in [0.1, 0.15) is 5.66 Å². The lowest BCUT2D eigenvalue weighted by Gasteiger charge is -2.38. The standard InChI is InChI=1S/C24H26N6O2/c25-24(20-7-5-16-3-1-2-4-19(16)20)10-9-17-15-18(6-8-21(17)28-24)26-23-27-22(29-32-23)30-11-13-31-14-12-30/h1-4,6,8-10,15,20,28H,5,7,11-14,25H2,(H,26,27,29)/t20?,24-/m1/s1. The molecule has 1 aromatic heterocycles. The molecule has 2 atom stereocenters. The van der Waals surface area contributed by atoms with Crippen LogP contribution in [0.1, 0.15) is 29.0 Å². The first-order chi connectivity index (χ1) is 15.7. The molecule has 0 spiro atoms. The van der Waals surface area contributed by atoms with Crippen LogP contribution in [0.15, 0.2) is 53.1 Å². The minimum atomic E-state index is -0.603. The van der Waals surface area contributed by atoms with Crippen LogP contribution < -0.4 is 21.3 Å². The van der Waals surface area contributed by atoms with Gasteiger partial charge in [0, 0.05) is 30.4 Å². The van der Waals surface area contributed by atoms with Crippen molar-refractivity contribution in [3.8, 4) is 0 Å². The zero-order valence-corrected chi connectivity index (χ0v) is 17.8. The SMILES string of the molecule is N[C@]1(C2CCc3ccccc32)C=Cc2cc(Nc3nc(N4CCOCC4)no3)ccc2N1. The number of aromatic nitrogens is 2. The van der Waals surface area contributed by atoms with Gasteiger partial charge >= 0.3 is 6.01 Å². The zero-order chi connectivity index (χ0) is 21.5. The van der Waals surface area contributed by atoms with Crippen molar-refractivity contribution in [2.24, 2.45) is 5.73 Å². The van der Waals surface area contributed by atoms with Crippen LogP contribution in [0.4, 0.5) is 23.3 Å². The lowest BCUT2D eigenvalue weighted by atomic mass is 9.84. The number of fused-ring (bicyclic) bond motifs is 2. The van der Waals surface area contributed by atoms with Crippen LogP contribution >= 0.6 is 0 Å². The predicted octanol–water partition coefficient (Wildman–Crippen LogP) is 3.47. The number of rotatable bonds is 4. The number of benzene rings is 2. The maximum absolute atomic E-state index is 6.87. The molecule has 3 aromatic rings. The maximum Gasteiger partial charge on any atom is 0.327 e. The number of aryl methyl sites for hydroxylation is 1. The lowest BCUT2D eigenvalue weighted by molar-refractivity contribution is 0.121. The predicted molar refractivity (Wildman–Crippen MR) is 124 cm³/mol. The third-order valence-electron chi connectivity index (χ3n) is 6.61. The summed E-state index contributed by atoms with van der Waals surface area (Å²) in [4.78, 5) is 6.52. The van der Waals surface area contributed by atoms with Crippen LogP contribution in [0.5, 0.6) is 0 Å². The van der Waals surface area contributed by atoms with Crippen molar-refractivity contribution < 1.29 is 9.26 Å². The third-order valence-corrected chi connectivity index (χ3v) is 6.61. The first-order valence-electron chi connectivity index (χ1n) is 11.1. The molecule has 1 saturated heterocycles. The molecule has 2 aliphatic heterocycles. The zero-order valence-electron chi connectivity index (χ0n) is 17.8. The minimum absolute atomic E-state index is 0.248. The Kier molecular flexibility index (Phi) is 4.62. The van der Waals surface area contributed by atoms with Gasteiger partial charge in [-0.2, -0.15) is 4.98 Å². The Bertz CT molecular complexity index is 1170. The quantitative estimate of drug-likeness (QED) is 0.578. The van der Waals surface area contributed by atoms with Crippen LogP contribution in [0.2, 0.25) is 0 Å². The summed E-state index contributed by atoms with van der Waals surface area (Å²) in [6, 6.07) is 15.1. The molecule has 3 aliphatic rings. The Morgan fingerprint density at radius 3 is 2.94 bits per heavy atom. The van der Waals surface area contributed by atoms with E-state index in [1.807, 2.05) is 12.1 Å². The van der Waals surface area contributed by atoms with Crippen LogP contribution in [-0.2, 0) is 11.2 Å². The summed E-state index contributed by atoms with van der Waals surface area (Å²) in [5.74, 6) is 0.831. The molecule has 32 heavy (non-hydrogen) atoms. The van der Waals surface area contributed by atoms with Gasteiger partial charge in [0.25, 0.3) is 5.95 Å². The summed E-state index contributed by atoms with van der Waals surface area (Å²) >= 11 is 0. The summed E-state index contributed by atoms with van der Waals surface area (Å²) in [6.45, 7) is 2.88.